The lowest BCUT2D eigenvalue weighted by molar-refractivity contribution is 0.101. The molecule has 0 saturated carbocycles. The zero-order valence-corrected chi connectivity index (χ0v) is 16.6. The maximum atomic E-state index is 12.6. The fourth-order valence-electron chi connectivity index (χ4n) is 2.46. The van der Waals surface area contributed by atoms with Crippen molar-refractivity contribution in [2.24, 2.45) is 0 Å². The topological polar surface area (TPSA) is 64.4 Å². The molecule has 0 spiro atoms. The van der Waals surface area contributed by atoms with Gasteiger partial charge in [-0.2, -0.15) is 0 Å². The van der Waals surface area contributed by atoms with Crippen molar-refractivity contribution in [3.05, 3.63) is 74.6 Å². The number of hydrogen-bond donors (Lipinski definition) is 1. The van der Waals surface area contributed by atoms with Crippen molar-refractivity contribution in [1.29, 1.82) is 0 Å². The number of carbonyl (C=O) groups is 1. The molecule has 1 N–H and O–H groups in total. The Kier molecular flexibility index (Phi) is 5.73. The molecule has 0 saturated heterocycles. The standard InChI is InChI=1S/C20H18Cl2N2O3/c1-11-4-6-15(8-12(11)2)26-10-16-13(3)27-24-19(16)20(25)23-14-5-7-17(21)18(22)9-14/h4-9H,10H2,1-3H3,(H,23,25). The van der Waals surface area contributed by atoms with E-state index in [1.54, 1.807) is 25.1 Å². The molecule has 3 aromatic rings. The highest BCUT2D eigenvalue weighted by Gasteiger charge is 2.21. The Morgan fingerprint density at radius 2 is 1.85 bits per heavy atom. The van der Waals surface area contributed by atoms with E-state index in [1.165, 1.54) is 5.56 Å². The fraction of sp³-hybridized carbons (Fsp3) is 0.200. The van der Waals surface area contributed by atoms with Crippen LogP contribution in [0.3, 0.4) is 0 Å². The Balaban J connectivity index is 1.75. The molecular weight excluding hydrogens is 387 g/mol. The molecule has 7 heteroatoms. The van der Waals surface area contributed by atoms with Crippen molar-refractivity contribution < 1.29 is 14.1 Å². The van der Waals surface area contributed by atoms with Gasteiger partial charge < -0.3 is 14.6 Å². The van der Waals surface area contributed by atoms with Crippen LogP contribution in [0.25, 0.3) is 0 Å². The van der Waals surface area contributed by atoms with E-state index in [2.05, 4.69) is 10.5 Å². The summed E-state index contributed by atoms with van der Waals surface area (Å²) in [7, 11) is 0. The van der Waals surface area contributed by atoms with E-state index in [9.17, 15) is 4.79 Å². The summed E-state index contributed by atoms with van der Waals surface area (Å²) in [5.41, 5.74) is 3.58. The molecule has 0 radical (unpaired) electrons. The predicted molar refractivity (Wildman–Crippen MR) is 106 cm³/mol. The van der Waals surface area contributed by atoms with Crippen LogP contribution in [0.1, 0.15) is 32.9 Å². The maximum Gasteiger partial charge on any atom is 0.278 e. The third kappa shape index (κ3) is 4.43. The first-order chi connectivity index (χ1) is 12.8. The monoisotopic (exact) mass is 404 g/mol. The molecule has 0 bridgehead atoms. The van der Waals surface area contributed by atoms with Crippen molar-refractivity contribution in [3.63, 3.8) is 0 Å². The zero-order chi connectivity index (χ0) is 19.6. The highest BCUT2D eigenvalue weighted by atomic mass is 35.5. The number of carbonyl (C=O) groups excluding carboxylic acids is 1. The summed E-state index contributed by atoms with van der Waals surface area (Å²) in [5.74, 6) is 0.830. The molecule has 0 unspecified atom stereocenters. The van der Waals surface area contributed by atoms with Crippen molar-refractivity contribution in [3.8, 4) is 5.75 Å². The van der Waals surface area contributed by atoms with Gasteiger partial charge in [-0.3, -0.25) is 4.79 Å². The van der Waals surface area contributed by atoms with Crippen molar-refractivity contribution in [2.45, 2.75) is 27.4 Å². The first-order valence-electron chi connectivity index (χ1n) is 8.26. The van der Waals surface area contributed by atoms with Gasteiger partial charge in [0.2, 0.25) is 0 Å². The Bertz CT molecular complexity index is 999. The van der Waals surface area contributed by atoms with Crippen LogP contribution in [0.15, 0.2) is 40.9 Å². The number of hydrogen-bond acceptors (Lipinski definition) is 4. The average Bonchev–Trinajstić information content (AvgIpc) is 3.00. The molecule has 1 amide bonds. The fourth-order valence-corrected chi connectivity index (χ4v) is 2.76. The van der Waals surface area contributed by atoms with Crippen molar-refractivity contribution in [1.82, 2.24) is 5.16 Å². The number of halogens is 2. The van der Waals surface area contributed by atoms with Crippen LogP contribution < -0.4 is 10.1 Å². The molecule has 1 heterocycles. The number of anilines is 1. The molecule has 0 aliphatic rings. The van der Waals surface area contributed by atoms with Crippen LogP contribution in [0.4, 0.5) is 5.69 Å². The van der Waals surface area contributed by atoms with E-state index < -0.39 is 5.91 Å². The minimum atomic E-state index is -0.413. The van der Waals surface area contributed by atoms with Crippen LogP contribution in [0.5, 0.6) is 5.75 Å². The number of nitrogens with zero attached hydrogens (tertiary/aromatic N) is 1. The highest BCUT2D eigenvalue weighted by molar-refractivity contribution is 6.42. The SMILES string of the molecule is Cc1ccc(OCc2c(C(=O)Nc3ccc(Cl)c(Cl)c3)noc2C)cc1C. The van der Waals surface area contributed by atoms with E-state index in [4.69, 9.17) is 32.5 Å². The van der Waals surface area contributed by atoms with Crippen LogP contribution in [-0.2, 0) is 6.61 Å². The lowest BCUT2D eigenvalue weighted by atomic mass is 10.1. The molecule has 1 aromatic heterocycles. The van der Waals surface area contributed by atoms with Crippen molar-refractivity contribution in [2.75, 3.05) is 5.32 Å². The smallest absolute Gasteiger partial charge is 0.278 e. The van der Waals surface area contributed by atoms with Crippen LogP contribution in [0, 0.1) is 20.8 Å². The first-order valence-corrected chi connectivity index (χ1v) is 9.02. The predicted octanol–water partition coefficient (Wildman–Crippen LogP) is 5.74. The van der Waals surface area contributed by atoms with E-state index in [0.717, 1.165) is 11.3 Å². The second-order valence-corrected chi connectivity index (χ2v) is 7.00. The molecule has 3 rings (SSSR count). The second kappa shape index (κ2) is 8.03. The number of amides is 1. The number of ether oxygens (including phenoxy) is 1. The lowest BCUT2D eigenvalue weighted by Gasteiger charge is -2.09. The van der Waals surface area contributed by atoms with E-state index >= 15 is 0 Å². The number of benzene rings is 2. The summed E-state index contributed by atoms with van der Waals surface area (Å²) in [6, 6.07) is 10.7. The molecule has 0 aliphatic carbocycles. The van der Waals surface area contributed by atoms with E-state index in [0.29, 0.717) is 27.1 Å². The van der Waals surface area contributed by atoms with E-state index in [-0.39, 0.29) is 12.3 Å². The van der Waals surface area contributed by atoms with Crippen LogP contribution >= 0.6 is 23.2 Å². The van der Waals surface area contributed by atoms with Gasteiger partial charge in [0, 0.05) is 5.69 Å². The largest absolute Gasteiger partial charge is 0.489 e. The first kappa shape index (κ1) is 19.3. The Hall–Kier alpha value is -2.50. The minimum Gasteiger partial charge on any atom is -0.489 e. The van der Waals surface area contributed by atoms with Gasteiger partial charge in [0.25, 0.3) is 5.91 Å². The molecular formula is C20H18Cl2N2O3. The van der Waals surface area contributed by atoms with Gasteiger partial charge in [0.15, 0.2) is 5.69 Å². The summed E-state index contributed by atoms with van der Waals surface area (Å²) in [6.45, 7) is 5.96. The molecule has 140 valence electrons. The Morgan fingerprint density at radius 3 is 2.56 bits per heavy atom. The molecule has 0 atom stereocenters. The Morgan fingerprint density at radius 1 is 1.07 bits per heavy atom. The van der Waals surface area contributed by atoms with Gasteiger partial charge in [-0.25, -0.2) is 0 Å². The number of aryl methyl sites for hydroxylation is 3. The third-order valence-electron chi connectivity index (χ3n) is 4.24. The number of aromatic nitrogens is 1. The van der Waals surface area contributed by atoms with Gasteiger partial charge in [-0.1, -0.05) is 34.4 Å². The quantitative estimate of drug-likeness (QED) is 0.588. The van der Waals surface area contributed by atoms with Gasteiger partial charge >= 0.3 is 0 Å². The van der Waals surface area contributed by atoms with Gasteiger partial charge in [-0.05, 0) is 62.2 Å². The number of nitrogens with one attached hydrogen (secondary N) is 1. The van der Waals surface area contributed by atoms with Crippen molar-refractivity contribution >= 4 is 34.8 Å². The molecule has 0 aliphatic heterocycles. The third-order valence-corrected chi connectivity index (χ3v) is 4.98. The highest BCUT2D eigenvalue weighted by Crippen LogP contribution is 2.26. The minimum absolute atomic E-state index is 0.169. The van der Waals surface area contributed by atoms with Gasteiger partial charge in [0.1, 0.15) is 18.1 Å². The number of rotatable bonds is 5. The summed E-state index contributed by atoms with van der Waals surface area (Å²) in [5, 5.41) is 7.37. The van der Waals surface area contributed by atoms with Crippen LogP contribution in [-0.4, -0.2) is 11.1 Å². The lowest BCUT2D eigenvalue weighted by Crippen LogP contribution is -2.15. The zero-order valence-electron chi connectivity index (χ0n) is 15.1. The molecule has 2 aromatic carbocycles. The summed E-state index contributed by atoms with van der Waals surface area (Å²) in [6.07, 6.45) is 0. The van der Waals surface area contributed by atoms with Gasteiger partial charge in [0.05, 0.1) is 15.6 Å². The average molecular weight is 405 g/mol. The normalized spacial score (nSPS) is 10.7. The van der Waals surface area contributed by atoms with Crippen LogP contribution in [0.2, 0.25) is 10.0 Å². The molecule has 0 fully saturated rings. The Labute approximate surface area is 167 Å². The van der Waals surface area contributed by atoms with Gasteiger partial charge in [-0.15, -0.1) is 0 Å². The van der Waals surface area contributed by atoms with E-state index in [1.807, 2.05) is 32.0 Å². The summed E-state index contributed by atoms with van der Waals surface area (Å²) < 4.78 is 11.0. The second-order valence-electron chi connectivity index (χ2n) is 6.18. The summed E-state index contributed by atoms with van der Waals surface area (Å²) in [4.78, 5) is 12.6. The maximum absolute atomic E-state index is 12.6. The summed E-state index contributed by atoms with van der Waals surface area (Å²) >= 11 is 11.9. The molecule has 27 heavy (non-hydrogen) atoms. The molecule has 5 nitrogen and oxygen atoms in total.